The predicted octanol–water partition coefficient (Wildman–Crippen LogP) is 3.63. The van der Waals surface area contributed by atoms with E-state index in [-0.39, 0.29) is 0 Å². The number of methoxy groups -OCH3 is 1. The fourth-order valence-corrected chi connectivity index (χ4v) is 3.72. The van der Waals surface area contributed by atoms with Gasteiger partial charge in [0.25, 0.3) is 0 Å². The Bertz CT molecular complexity index is 958. The summed E-state index contributed by atoms with van der Waals surface area (Å²) >= 11 is 0. The smallest absolute Gasteiger partial charge is 0.193 e. The highest BCUT2D eigenvalue weighted by Gasteiger charge is 2.11. The van der Waals surface area contributed by atoms with E-state index in [1.54, 1.807) is 7.11 Å². The van der Waals surface area contributed by atoms with E-state index in [1.165, 1.54) is 29.5 Å². The molecule has 0 saturated heterocycles. The molecule has 0 unspecified atom stereocenters. The number of benzene rings is 2. The normalized spacial score (nSPS) is 13.8. The molecule has 1 aliphatic rings. The standard InChI is InChI=1S/C21H24N4O/c1-26-19-7-3-6-18-20(19)16(13-24-18)10-11-23-21(22)25-17-9-8-14-4-2-5-15(14)12-17/h3,6-9,12-13,24H,2,4-5,10-11H2,1H3,(H3,22,23,25). The zero-order valence-electron chi connectivity index (χ0n) is 15.0. The van der Waals surface area contributed by atoms with Crippen LogP contribution in [0.5, 0.6) is 5.75 Å². The number of nitrogens with two attached hydrogens (primary N) is 1. The Balaban J connectivity index is 1.42. The van der Waals surface area contributed by atoms with Crippen molar-refractivity contribution in [2.24, 2.45) is 10.7 Å². The minimum Gasteiger partial charge on any atom is -0.496 e. The zero-order valence-corrected chi connectivity index (χ0v) is 15.0. The molecule has 4 rings (SSSR count). The second-order valence-corrected chi connectivity index (χ2v) is 6.68. The first-order valence-corrected chi connectivity index (χ1v) is 9.06. The van der Waals surface area contributed by atoms with E-state index < -0.39 is 0 Å². The minimum absolute atomic E-state index is 0.453. The molecular formula is C21H24N4O. The molecule has 1 heterocycles. The number of anilines is 1. The lowest BCUT2D eigenvalue weighted by Crippen LogP contribution is -2.23. The first-order valence-electron chi connectivity index (χ1n) is 9.06. The molecule has 0 radical (unpaired) electrons. The van der Waals surface area contributed by atoms with Crippen LogP contribution >= 0.6 is 0 Å². The van der Waals surface area contributed by atoms with E-state index >= 15 is 0 Å². The molecule has 5 heteroatoms. The molecule has 5 nitrogen and oxygen atoms in total. The maximum absolute atomic E-state index is 6.07. The monoisotopic (exact) mass is 348 g/mol. The van der Waals surface area contributed by atoms with Crippen molar-refractivity contribution in [1.29, 1.82) is 0 Å². The van der Waals surface area contributed by atoms with Crippen LogP contribution in [-0.2, 0) is 19.3 Å². The fourth-order valence-electron chi connectivity index (χ4n) is 3.72. The fraction of sp³-hybridized carbons (Fsp3) is 0.286. The van der Waals surface area contributed by atoms with E-state index in [1.807, 2.05) is 24.4 Å². The minimum atomic E-state index is 0.453. The van der Waals surface area contributed by atoms with Crippen molar-refractivity contribution in [3.05, 3.63) is 59.3 Å². The highest BCUT2D eigenvalue weighted by Crippen LogP contribution is 2.29. The van der Waals surface area contributed by atoms with Crippen LogP contribution in [0, 0.1) is 0 Å². The number of ether oxygens (including phenoxy) is 1. The van der Waals surface area contributed by atoms with Crippen LogP contribution < -0.4 is 15.8 Å². The number of nitrogens with zero attached hydrogens (tertiary/aromatic N) is 1. The molecule has 0 fully saturated rings. The third kappa shape index (κ3) is 3.25. The van der Waals surface area contributed by atoms with E-state index in [2.05, 4.69) is 33.5 Å². The Kier molecular flexibility index (Phi) is 4.52. The summed E-state index contributed by atoms with van der Waals surface area (Å²) in [6, 6.07) is 12.5. The molecule has 2 aromatic carbocycles. The molecule has 0 atom stereocenters. The summed E-state index contributed by atoms with van der Waals surface area (Å²) < 4.78 is 5.48. The van der Waals surface area contributed by atoms with Crippen LogP contribution in [0.15, 0.2) is 47.6 Å². The van der Waals surface area contributed by atoms with Gasteiger partial charge in [0.2, 0.25) is 0 Å². The Morgan fingerprint density at radius 2 is 2.12 bits per heavy atom. The van der Waals surface area contributed by atoms with Crippen molar-refractivity contribution in [3.8, 4) is 5.75 Å². The molecule has 0 amide bonds. The molecule has 4 N–H and O–H groups in total. The van der Waals surface area contributed by atoms with Gasteiger partial charge in [-0.3, -0.25) is 4.99 Å². The lowest BCUT2D eigenvalue weighted by Gasteiger charge is -2.08. The third-order valence-electron chi connectivity index (χ3n) is 5.00. The number of rotatable bonds is 5. The van der Waals surface area contributed by atoms with Gasteiger partial charge in [0.15, 0.2) is 5.96 Å². The van der Waals surface area contributed by atoms with Crippen molar-refractivity contribution in [3.63, 3.8) is 0 Å². The number of aryl methyl sites for hydroxylation is 2. The maximum Gasteiger partial charge on any atom is 0.193 e. The van der Waals surface area contributed by atoms with Gasteiger partial charge in [-0.25, -0.2) is 0 Å². The SMILES string of the molecule is COc1cccc2[nH]cc(CCN=C(N)Nc3ccc4c(c3)CCC4)c12. The van der Waals surface area contributed by atoms with Crippen LogP contribution in [0.3, 0.4) is 0 Å². The van der Waals surface area contributed by atoms with Gasteiger partial charge in [-0.1, -0.05) is 12.1 Å². The van der Waals surface area contributed by atoms with Crippen LogP contribution in [0.4, 0.5) is 5.69 Å². The molecule has 134 valence electrons. The van der Waals surface area contributed by atoms with Crippen molar-refractivity contribution in [1.82, 2.24) is 4.98 Å². The number of hydrogen-bond donors (Lipinski definition) is 3. The maximum atomic E-state index is 6.07. The van der Waals surface area contributed by atoms with Gasteiger partial charge in [-0.2, -0.15) is 0 Å². The summed E-state index contributed by atoms with van der Waals surface area (Å²) in [7, 11) is 1.70. The van der Waals surface area contributed by atoms with Crippen molar-refractivity contribution in [2.75, 3.05) is 19.0 Å². The summed E-state index contributed by atoms with van der Waals surface area (Å²) in [6.07, 6.45) is 6.41. The number of guanidine groups is 1. The molecule has 26 heavy (non-hydrogen) atoms. The number of fused-ring (bicyclic) bond motifs is 2. The van der Waals surface area contributed by atoms with Gasteiger partial charge in [-0.15, -0.1) is 0 Å². The number of H-pyrrole nitrogens is 1. The van der Waals surface area contributed by atoms with Gasteiger partial charge in [0.1, 0.15) is 5.75 Å². The highest BCUT2D eigenvalue weighted by molar-refractivity contribution is 5.92. The number of aromatic amines is 1. The summed E-state index contributed by atoms with van der Waals surface area (Å²) in [4.78, 5) is 7.77. The van der Waals surface area contributed by atoms with Crippen LogP contribution in [0.25, 0.3) is 10.9 Å². The third-order valence-corrected chi connectivity index (χ3v) is 5.00. The molecule has 0 aliphatic heterocycles. The first kappa shape index (κ1) is 16.5. The number of aromatic nitrogens is 1. The largest absolute Gasteiger partial charge is 0.496 e. The number of hydrogen-bond acceptors (Lipinski definition) is 2. The first-order chi connectivity index (χ1) is 12.7. The van der Waals surface area contributed by atoms with Gasteiger partial charge >= 0.3 is 0 Å². The van der Waals surface area contributed by atoms with Crippen LogP contribution in [0.1, 0.15) is 23.1 Å². The Morgan fingerprint density at radius 1 is 1.23 bits per heavy atom. The zero-order chi connectivity index (χ0) is 17.9. The average molecular weight is 348 g/mol. The summed E-state index contributed by atoms with van der Waals surface area (Å²) in [6.45, 7) is 0.620. The molecular weight excluding hydrogens is 324 g/mol. The summed E-state index contributed by atoms with van der Waals surface area (Å²) in [5.74, 6) is 1.33. The van der Waals surface area contributed by atoms with E-state index in [4.69, 9.17) is 10.5 Å². The van der Waals surface area contributed by atoms with Crippen molar-refractivity contribution < 1.29 is 4.74 Å². The second-order valence-electron chi connectivity index (χ2n) is 6.68. The summed E-state index contributed by atoms with van der Waals surface area (Å²) in [5.41, 5.74) is 12.2. The highest BCUT2D eigenvalue weighted by atomic mass is 16.5. The van der Waals surface area contributed by atoms with Gasteiger partial charge in [0.05, 0.1) is 7.11 Å². The van der Waals surface area contributed by atoms with Gasteiger partial charge in [-0.05, 0) is 66.6 Å². The number of aliphatic imine (C=N–C) groups is 1. The lowest BCUT2D eigenvalue weighted by atomic mass is 10.1. The molecule has 0 saturated carbocycles. The van der Waals surface area contributed by atoms with Crippen molar-refractivity contribution >= 4 is 22.5 Å². The molecule has 3 aromatic rings. The van der Waals surface area contributed by atoms with Crippen LogP contribution in [0.2, 0.25) is 0 Å². The quantitative estimate of drug-likeness (QED) is 0.487. The molecule has 1 aliphatic carbocycles. The topological polar surface area (TPSA) is 75.4 Å². The van der Waals surface area contributed by atoms with Gasteiger partial charge in [0, 0.05) is 29.3 Å². The Hall–Kier alpha value is -2.95. The molecule has 1 aromatic heterocycles. The molecule has 0 spiro atoms. The predicted molar refractivity (Wildman–Crippen MR) is 107 cm³/mol. The number of nitrogens with one attached hydrogen (secondary N) is 2. The summed E-state index contributed by atoms with van der Waals surface area (Å²) in [5, 5.41) is 4.33. The van der Waals surface area contributed by atoms with Crippen molar-refractivity contribution in [2.45, 2.75) is 25.7 Å². The Labute approximate surface area is 153 Å². The Morgan fingerprint density at radius 3 is 3.00 bits per heavy atom. The lowest BCUT2D eigenvalue weighted by molar-refractivity contribution is 0.419. The second kappa shape index (κ2) is 7.12. The average Bonchev–Trinajstić information content (AvgIpc) is 3.28. The van der Waals surface area contributed by atoms with Crippen LogP contribution in [-0.4, -0.2) is 24.6 Å². The van der Waals surface area contributed by atoms with E-state index in [0.717, 1.165) is 35.2 Å². The molecule has 0 bridgehead atoms. The van der Waals surface area contributed by atoms with Gasteiger partial charge < -0.3 is 20.8 Å². The van der Waals surface area contributed by atoms with E-state index in [9.17, 15) is 0 Å². The van der Waals surface area contributed by atoms with E-state index in [0.29, 0.717) is 12.5 Å².